The molecule has 2 heterocycles. The van der Waals surface area contributed by atoms with Crippen molar-refractivity contribution in [2.75, 3.05) is 6.61 Å². The van der Waals surface area contributed by atoms with Crippen LogP contribution in [0.5, 0.6) is 0 Å². The summed E-state index contributed by atoms with van der Waals surface area (Å²) < 4.78 is 8.33. The fourth-order valence-electron chi connectivity index (χ4n) is 2.10. The second kappa shape index (κ2) is 5.87. The van der Waals surface area contributed by atoms with Crippen molar-refractivity contribution in [2.45, 2.75) is 25.9 Å². The number of carbonyl (C=O) groups excluding carboxylic acids is 1. The molecule has 7 nitrogen and oxygen atoms in total. The molecule has 0 aromatic carbocycles. The van der Waals surface area contributed by atoms with Crippen molar-refractivity contribution < 1.29 is 9.53 Å². The minimum atomic E-state index is -0.381. The zero-order valence-electron chi connectivity index (χ0n) is 11.9. The number of nitrogens with zero attached hydrogens (tertiary/aromatic N) is 4. The molecular weight excluding hydrogens is 258 g/mol. The Morgan fingerprint density at radius 1 is 1.40 bits per heavy atom. The van der Waals surface area contributed by atoms with E-state index in [9.17, 15) is 4.79 Å². The van der Waals surface area contributed by atoms with Gasteiger partial charge in [-0.1, -0.05) is 0 Å². The van der Waals surface area contributed by atoms with E-state index in [1.807, 2.05) is 20.2 Å². The monoisotopic (exact) mass is 277 g/mol. The van der Waals surface area contributed by atoms with Gasteiger partial charge < -0.3 is 10.5 Å². The van der Waals surface area contributed by atoms with Crippen LogP contribution in [0.15, 0.2) is 24.8 Å². The number of rotatable bonds is 5. The molecule has 0 amide bonds. The standard InChI is InChI=1S/C13H19N5O2/c1-4-20-13(19)11-6-16-18(8-11)12(9(2)14)10-5-15-17(3)7-10/h5-9,12H,4,14H2,1-3H3. The molecule has 108 valence electrons. The van der Waals surface area contributed by atoms with Gasteiger partial charge in [-0.05, 0) is 13.8 Å². The molecule has 0 aliphatic rings. The molecule has 0 radical (unpaired) electrons. The van der Waals surface area contributed by atoms with Crippen molar-refractivity contribution in [3.8, 4) is 0 Å². The highest BCUT2D eigenvalue weighted by Crippen LogP contribution is 2.20. The Morgan fingerprint density at radius 2 is 2.15 bits per heavy atom. The predicted octanol–water partition coefficient (Wildman–Crippen LogP) is 0.730. The molecule has 2 unspecified atom stereocenters. The molecule has 0 fully saturated rings. The van der Waals surface area contributed by atoms with E-state index in [-0.39, 0.29) is 18.1 Å². The van der Waals surface area contributed by atoms with E-state index in [2.05, 4.69) is 10.2 Å². The average molecular weight is 277 g/mol. The lowest BCUT2D eigenvalue weighted by Crippen LogP contribution is -2.30. The fourth-order valence-corrected chi connectivity index (χ4v) is 2.10. The summed E-state index contributed by atoms with van der Waals surface area (Å²) in [6.07, 6.45) is 6.78. The Balaban J connectivity index is 2.29. The first-order valence-electron chi connectivity index (χ1n) is 6.48. The number of hydrogen-bond acceptors (Lipinski definition) is 5. The minimum Gasteiger partial charge on any atom is -0.462 e. The van der Waals surface area contributed by atoms with Crippen LogP contribution in [0.3, 0.4) is 0 Å². The molecular formula is C13H19N5O2. The summed E-state index contributed by atoms with van der Waals surface area (Å²) in [5.41, 5.74) is 7.40. The molecule has 20 heavy (non-hydrogen) atoms. The van der Waals surface area contributed by atoms with Crippen LogP contribution in [0.4, 0.5) is 0 Å². The van der Waals surface area contributed by atoms with Gasteiger partial charge in [0.25, 0.3) is 0 Å². The SMILES string of the molecule is CCOC(=O)c1cnn(C(c2cnn(C)c2)C(C)N)c1. The molecule has 2 atom stereocenters. The van der Waals surface area contributed by atoms with Gasteiger partial charge >= 0.3 is 5.97 Å². The third-order valence-electron chi connectivity index (χ3n) is 2.96. The van der Waals surface area contributed by atoms with Crippen LogP contribution in [0.2, 0.25) is 0 Å². The lowest BCUT2D eigenvalue weighted by Gasteiger charge is -2.19. The first kappa shape index (κ1) is 14.3. The third kappa shape index (κ3) is 2.88. The average Bonchev–Trinajstić information content (AvgIpc) is 3.00. The zero-order chi connectivity index (χ0) is 14.7. The van der Waals surface area contributed by atoms with Crippen molar-refractivity contribution in [1.82, 2.24) is 19.6 Å². The van der Waals surface area contributed by atoms with E-state index in [1.165, 1.54) is 6.20 Å². The second-order valence-electron chi connectivity index (χ2n) is 4.68. The van der Waals surface area contributed by atoms with Crippen LogP contribution in [-0.4, -0.2) is 38.2 Å². The topological polar surface area (TPSA) is 88.0 Å². The van der Waals surface area contributed by atoms with E-state index in [0.717, 1.165) is 5.56 Å². The molecule has 7 heteroatoms. The molecule has 0 aliphatic heterocycles. The van der Waals surface area contributed by atoms with E-state index in [4.69, 9.17) is 10.5 Å². The summed E-state index contributed by atoms with van der Waals surface area (Å²) in [5, 5.41) is 8.37. The lowest BCUT2D eigenvalue weighted by molar-refractivity contribution is 0.0526. The van der Waals surface area contributed by atoms with Crippen LogP contribution >= 0.6 is 0 Å². The predicted molar refractivity (Wildman–Crippen MR) is 73.2 cm³/mol. The van der Waals surface area contributed by atoms with Crippen molar-refractivity contribution in [3.63, 3.8) is 0 Å². The van der Waals surface area contributed by atoms with Gasteiger partial charge in [-0.3, -0.25) is 9.36 Å². The number of hydrogen-bond donors (Lipinski definition) is 1. The Hall–Kier alpha value is -2.15. The summed E-state index contributed by atoms with van der Waals surface area (Å²) >= 11 is 0. The van der Waals surface area contributed by atoms with Gasteiger partial charge in [0.2, 0.25) is 0 Å². The van der Waals surface area contributed by atoms with Crippen LogP contribution < -0.4 is 5.73 Å². The van der Waals surface area contributed by atoms with Crippen LogP contribution in [-0.2, 0) is 11.8 Å². The molecule has 0 aliphatic carbocycles. The molecule has 2 aromatic rings. The van der Waals surface area contributed by atoms with Crippen molar-refractivity contribution >= 4 is 5.97 Å². The zero-order valence-corrected chi connectivity index (χ0v) is 11.9. The van der Waals surface area contributed by atoms with Gasteiger partial charge in [-0.15, -0.1) is 0 Å². The quantitative estimate of drug-likeness (QED) is 0.814. The van der Waals surface area contributed by atoms with E-state index >= 15 is 0 Å². The highest BCUT2D eigenvalue weighted by molar-refractivity contribution is 5.88. The number of esters is 1. The second-order valence-corrected chi connectivity index (χ2v) is 4.68. The highest BCUT2D eigenvalue weighted by atomic mass is 16.5. The molecule has 2 rings (SSSR count). The van der Waals surface area contributed by atoms with Gasteiger partial charge in [-0.2, -0.15) is 10.2 Å². The number of nitrogens with two attached hydrogens (primary N) is 1. The summed E-state index contributed by atoms with van der Waals surface area (Å²) in [4.78, 5) is 11.7. The Labute approximate surface area is 117 Å². The van der Waals surface area contributed by atoms with E-state index in [1.54, 1.807) is 28.7 Å². The number of aromatic nitrogens is 4. The van der Waals surface area contributed by atoms with Crippen molar-refractivity contribution in [1.29, 1.82) is 0 Å². The number of aryl methyl sites for hydroxylation is 1. The first-order valence-corrected chi connectivity index (χ1v) is 6.48. The normalized spacial score (nSPS) is 14.0. The molecule has 2 aromatic heterocycles. The molecule has 0 spiro atoms. The lowest BCUT2D eigenvalue weighted by atomic mass is 10.1. The van der Waals surface area contributed by atoms with Crippen LogP contribution in [0, 0.1) is 0 Å². The number of carbonyl (C=O) groups is 1. The summed E-state index contributed by atoms with van der Waals surface area (Å²) in [5.74, 6) is -0.381. The Bertz CT molecular complexity index is 587. The van der Waals surface area contributed by atoms with Crippen LogP contribution in [0.25, 0.3) is 0 Å². The summed E-state index contributed by atoms with van der Waals surface area (Å²) in [7, 11) is 1.84. The third-order valence-corrected chi connectivity index (χ3v) is 2.96. The van der Waals surface area contributed by atoms with Gasteiger partial charge in [0.1, 0.15) is 0 Å². The van der Waals surface area contributed by atoms with Gasteiger partial charge in [0, 0.05) is 31.0 Å². The highest BCUT2D eigenvalue weighted by Gasteiger charge is 2.22. The van der Waals surface area contributed by atoms with E-state index < -0.39 is 0 Å². The minimum absolute atomic E-state index is 0.172. The maximum Gasteiger partial charge on any atom is 0.341 e. The Morgan fingerprint density at radius 3 is 2.70 bits per heavy atom. The number of ether oxygens (including phenoxy) is 1. The first-order chi connectivity index (χ1) is 9.52. The summed E-state index contributed by atoms with van der Waals surface area (Å²) in [6.45, 7) is 4.00. The van der Waals surface area contributed by atoms with E-state index in [0.29, 0.717) is 12.2 Å². The molecule has 0 saturated heterocycles. The maximum absolute atomic E-state index is 11.7. The smallest absolute Gasteiger partial charge is 0.341 e. The van der Waals surface area contributed by atoms with Crippen molar-refractivity contribution in [2.24, 2.45) is 12.8 Å². The summed E-state index contributed by atoms with van der Waals surface area (Å²) in [6, 6.07) is -0.346. The maximum atomic E-state index is 11.7. The molecule has 2 N–H and O–H groups in total. The van der Waals surface area contributed by atoms with Gasteiger partial charge in [0.05, 0.1) is 30.6 Å². The Kier molecular flexibility index (Phi) is 4.19. The van der Waals surface area contributed by atoms with Gasteiger partial charge in [-0.25, -0.2) is 4.79 Å². The van der Waals surface area contributed by atoms with Gasteiger partial charge in [0.15, 0.2) is 0 Å². The largest absolute Gasteiger partial charge is 0.462 e. The molecule has 0 bridgehead atoms. The van der Waals surface area contributed by atoms with Crippen molar-refractivity contribution in [3.05, 3.63) is 35.9 Å². The fraction of sp³-hybridized carbons (Fsp3) is 0.462. The molecule has 0 saturated carbocycles. The van der Waals surface area contributed by atoms with Crippen LogP contribution in [0.1, 0.15) is 35.8 Å².